The molecule has 0 aliphatic rings. The van der Waals surface area contributed by atoms with Gasteiger partial charge in [-0.05, 0) is 24.1 Å². The zero-order valence-electron chi connectivity index (χ0n) is 14.6. The van der Waals surface area contributed by atoms with E-state index in [4.69, 9.17) is 0 Å². The molecule has 0 saturated heterocycles. The summed E-state index contributed by atoms with van der Waals surface area (Å²) in [6.07, 6.45) is 5.83. The molecule has 1 amide bonds. The van der Waals surface area contributed by atoms with Crippen molar-refractivity contribution in [2.24, 2.45) is 0 Å². The van der Waals surface area contributed by atoms with E-state index in [-0.39, 0.29) is 18.6 Å². The molecule has 4 aromatic rings. The van der Waals surface area contributed by atoms with Gasteiger partial charge in [-0.2, -0.15) is 0 Å². The molecular weight excluding hydrogens is 340 g/mol. The number of hydrogen-bond acceptors (Lipinski definition) is 3. The third kappa shape index (κ3) is 3.47. The molecule has 2 aromatic heterocycles. The van der Waals surface area contributed by atoms with E-state index in [0.29, 0.717) is 17.8 Å². The number of aromatic amines is 2. The number of aliphatic hydroxyl groups excluding tert-OH is 1. The number of amides is 1. The summed E-state index contributed by atoms with van der Waals surface area (Å²) in [5.74, 6) is 0.402. The highest BCUT2D eigenvalue weighted by molar-refractivity contribution is 6.00. The maximum Gasteiger partial charge on any atom is 0.252 e. The zero-order valence-corrected chi connectivity index (χ0v) is 14.6. The van der Waals surface area contributed by atoms with Crippen molar-refractivity contribution in [3.8, 4) is 11.4 Å². The molecule has 0 aliphatic carbocycles. The van der Waals surface area contributed by atoms with Crippen molar-refractivity contribution in [3.63, 3.8) is 0 Å². The van der Waals surface area contributed by atoms with E-state index in [1.165, 1.54) is 0 Å². The summed E-state index contributed by atoms with van der Waals surface area (Å²) >= 11 is 0. The van der Waals surface area contributed by atoms with Crippen molar-refractivity contribution in [2.45, 2.75) is 12.5 Å². The number of H-pyrrole nitrogens is 2. The van der Waals surface area contributed by atoms with Gasteiger partial charge in [-0.25, -0.2) is 4.98 Å². The highest BCUT2D eigenvalue weighted by Gasteiger charge is 2.18. The third-order valence-electron chi connectivity index (χ3n) is 4.62. The average Bonchev–Trinajstić information content (AvgIpc) is 3.38. The third-order valence-corrected chi connectivity index (χ3v) is 4.62. The number of imidazole rings is 1. The first-order valence-corrected chi connectivity index (χ1v) is 8.81. The predicted octanol–water partition coefficient (Wildman–Crippen LogP) is 2.89. The lowest BCUT2D eigenvalue weighted by Crippen LogP contribution is -2.39. The van der Waals surface area contributed by atoms with Gasteiger partial charge in [0.1, 0.15) is 5.82 Å². The van der Waals surface area contributed by atoms with Gasteiger partial charge in [0.15, 0.2) is 0 Å². The normalized spacial score (nSPS) is 12.2. The first-order chi connectivity index (χ1) is 13.3. The lowest BCUT2D eigenvalue weighted by atomic mass is 10.0. The van der Waals surface area contributed by atoms with Crippen LogP contribution in [0, 0.1) is 0 Å². The van der Waals surface area contributed by atoms with Crippen LogP contribution in [0.1, 0.15) is 15.9 Å². The lowest BCUT2D eigenvalue weighted by molar-refractivity contribution is 0.0917. The van der Waals surface area contributed by atoms with Crippen LogP contribution in [0.25, 0.3) is 22.3 Å². The molecule has 0 saturated carbocycles. The van der Waals surface area contributed by atoms with Crippen LogP contribution in [0.4, 0.5) is 0 Å². The quantitative estimate of drug-likeness (QED) is 0.426. The van der Waals surface area contributed by atoms with Crippen molar-refractivity contribution in [1.29, 1.82) is 0 Å². The molecule has 0 spiro atoms. The monoisotopic (exact) mass is 360 g/mol. The number of aliphatic hydroxyl groups is 1. The molecule has 6 nitrogen and oxygen atoms in total. The maximum absolute atomic E-state index is 12.9. The van der Waals surface area contributed by atoms with Gasteiger partial charge in [-0.1, -0.05) is 36.4 Å². The van der Waals surface area contributed by atoms with Gasteiger partial charge < -0.3 is 20.4 Å². The first-order valence-electron chi connectivity index (χ1n) is 8.81. The van der Waals surface area contributed by atoms with Crippen LogP contribution < -0.4 is 5.32 Å². The number of nitrogens with one attached hydrogen (secondary N) is 3. The summed E-state index contributed by atoms with van der Waals surface area (Å²) in [5.41, 5.74) is 3.34. The van der Waals surface area contributed by atoms with Crippen LogP contribution >= 0.6 is 0 Å². The summed E-state index contributed by atoms with van der Waals surface area (Å²) in [6, 6.07) is 14.9. The van der Waals surface area contributed by atoms with Gasteiger partial charge in [0.25, 0.3) is 5.91 Å². The summed E-state index contributed by atoms with van der Waals surface area (Å²) in [5, 5.41) is 13.8. The fourth-order valence-electron chi connectivity index (χ4n) is 3.29. The second-order valence-corrected chi connectivity index (χ2v) is 6.40. The van der Waals surface area contributed by atoms with Crippen LogP contribution in [0.15, 0.2) is 67.1 Å². The van der Waals surface area contributed by atoms with Gasteiger partial charge in [-0.15, -0.1) is 0 Å². The Morgan fingerprint density at radius 1 is 1.11 bits per heavy atom. The van der Waals surface area contributed by atoms with Crippen LogP contribution in [0.3, 0.4) is 0 Å². The van der Waals surface area contributed by atoms with E-state index in [9.17, 15) is 9.90 Å². The van der Waals surface area contributed by atoms with Crippen LogP contribution in [0.2, 0.25) is 0 Å². The van der Waals surface area contributed by atoms with Gasteiger partial charge in [-0.3, -0.25) is 4.79 Å². The first kappa shape index (κ1) is 17.1. The van der Waals surface area contributed by atoms with E-state index in [0.717, 1.165) is 22.0 Å². The number of carbonyl (C=O) groups is 1. The number of aromatic nitrogens is 3. The van der Waals surface area contributed by atoms with E-state index in [1.54, 1.807) is 18.5 Å². The minimum absolute atomic E-state index is 0.145. The molecule has 0 aliphatic heterocycles. The summed E-state index contributed by atoms with van der Waals surface area (Å²) < 4.78 is 0. The fourth-order valence-corrected chi connectivity index (χ4v) is 3.29. The van der Waals surface area contributed by atoms with E-state index < -0.39 is 0 Å². The van der Waals surface area contributed by atoms with Gasteiger partial charge in [0, 0.05) is 35.1 Å². The molecule has 2 aromatic carbocycles. The second kappa shape index (κ2) is 7.47. The summed E-state index contributed by atoms with van der Waals surface area (Å²) in [7, 11) is 0. The van der Waals surface area contributed by atoms with Crippen molar-refractivity contribution in [1.82, 2.24) is 20.3 Å². The topological polar surface area (TPSA) is 93.8 Å². The molecule has 1 atom stereocenters. The van der Waals surface area contributed by atoms with E-state index in [1.807, 2.05) is 48.7 Å². The van der Waals surface area contributed by atoms with E-state index in [2.05, 4.69) is 20.3 Å². The highest BCUT2D eigenvalue weighted by Crippen LogP contribution is 2.21. The molecule has 0 unspecified atom stereocenters. The fraction of sp³-hybridized carbons (Fsp3) is 0.143. The van der Waals surface area contributed by atoms with Gasteiger partial charge in [0.2, 0.25) is 0 Å². The van der Waals surface area contributed by atoms with Crippen molar-refractivity contribution < 1.29 is 9.90 Å². The van der Waals surface area contributed by atoms with Crippen molar-refractivity contribution >= 4 is 16.8 Å². The van der Waals surface area contributed by atoms with Crippen LogP contribution in [0.5, 0.6) is 0 Å². The number of benzene rings is 2. The van der Waals surface area contributed by atoms with E-state index >= 15 is 0 Å². The molecule has 0 bridgehead atoms. The summed E-state index contributed by atoms with van der Waals surface area (Å²) in [6.45, 7) is -0.145. The molecule has 4 rings (SSSR count). The summed E-state index contributed by atoms with van der Waals surface area (Å²) in [4.78, 5) is 23.3. The van der Waals surface area contributed by atoms with Gasteiger partial charge >= 0.3 is 0 Å². The molecule has 0 radical (unpaired) electrons. The highest BCUT2D eigenvalue weighted by atomic mass is 16.3. The molecule has 136 valence electrons. The van der Waals surface area contributed by atoms with Gasteiger partial charge in [0.05, 0.1) is 18.2 Å². The zero-order chi connectivity index (χ0) is 18.6. The van der Waals surface area contributed by atoms with Crippen LogP contribution in [-0.4, -0.2) is 38.6 Å². The SMILES string of the molecule is O=C(N[C@H](CO)Cc1c[nH]c2ccccc12)c1ccccc1-c1ncc[nH]1. The second-order valence-electron chi connectivity index (χ2n) is 6.40. The Hall–Kier alpha value is -3.38. The van der Waals surface area contributed by atoms with Crippen molar-refractivity contribution in [2.75, 3.05) is 6.61 Å². The smallest absolute Gasteiger partial charge is 0.252 e. The largest absolute Gasteiger partial charge is 0.394 e. The Morgan fingerprint density at radius 3 is 2.74 bits per heavy atom. The Bertz CT molecular complexity index is 1050. The predicted molar refractivity (Wildman–Crippen MR) is 104 cm³/mol. The molecule has 6 heteroatoms. The number of para-hydroxylation sites is 1. The molecular formula is C21H20N4O2. The van der Waals surface area contributed by atoms with Crippen LogP contribution in [-0.2, 0) is 6.42 Å². The average molecular weight is 360 g/mol. The number of nitrogens with zero attached hydrogens (tertiary/aromatic N) is 1. The number of hydrogen-bond donors (Lipinski definition) is 4. The Balaban J connectivity index is 1.55. The number of carbonyl (C=O) groups excluding carboxylic acids is 1. The molecule has 27 heavy (non-hydrogen) atoms. The number of rotatable bonds is 6. The molecule has 2 heterocycles. The standard InChI is InChI=1S/C21H20N4O2/c26-13-15(11-14-12-24-19-8-4-3-5-16(14)19)25-21(27)18-7-2-1-6-17(18)20-22-9-10-23-20/h1-10,12,15,24,26H,11,13H2,(H,22,23)(H,25,27)/t15-/m0/s1. The lowest BCUT2D eigenvalue weighted by Gasteiger charge is -2.17. The Morgan fingerprint density at radius 2 is 1.93 bits per heavy atom. The Kier molecular flexibility index (Phi) is 4.72. The molecule has 4 N–H and O–H groups in total. The Labute approximate surface area is 156 Å². The minimum Gasteiger partial charge on any atom is -0.394 e. The minimum atomic E-state index is -0.388. The number of fused-ring (bicyclic) bond motifs is 1. The van der Waals surface area contributed by atoms with Crippen molar-refractivity contribution in [3.05, 3.63) is 78.2 Å². The molecule has 0 fully saturated rings. The maximum atomic E-state index is 12.9.